The smallest absolute Gasteiger partial charge is 0.251 e. The van der Waals surface area contributed by atoms with Crippen molar-refractivity contribution in [3.8, 4) is 0 Å². The minimum absolute atomic E-state index is 0.0375. The van der Waals surface area contributed by atoms with Gasteiger partial charge in [0, 0.05) is 6.54 Å². The Morgan fingerprint density at radius 1 is 1.56 bits per heavy atom. The topological polar surface area (TPSA) is 53.7 Å². The normalized spacial score (nSPS) is 26.1. The SMILES string of the molecule is Cc1ccc(C2CC(C)CCN2C(=O)C(C)O)o1. The van der Waals surface area contributed by atoms with Crippen LogP contribution in [0.25, 0.3) is 0 Å². The second-order valence-corrected chi connectivity index (χ2v) is 5.30. The van der Waals surface area contributed by atoms with Gasteiger partial charge in [-0.2, -0.15) is 0 Å². The summed E-state index contributed by atoms with van der Waals surface area (Å²) in [7, 11) is 0. The van der Waals surface area contributed by atoms with Gasteiger partial charge < -0.3 is 14.4 Å². The predicted molar refractivity (Wildman–Crippen MR) is 68.0 cm³/mol. The second-order valence-electron chi connectivity index (χ2n) is 5.30. The fourth-order valence-corrected chi connectivity index (χ4v) is 2.55. The summed E-state index contributed by atoms with van der Waals surface area (Å²) in [4.78, 5) is 13.8. The fraction of sp³-hybridized carbons (Fsp3) is 0.643. The highest BCUT2D eigenvalue weighted by Gasteiger charge is 2.34. The number of aliphatic hydroxyl groups excluding tert-OH is 1. The van der Waals surface area contributed by atoms with Crippen molar-refractivity contribution in [3.63, 3.8) is 0 Å². The lowest BCUT2D eigenvalue weighted by atomic mass is 9.90. The van der Waals surface area contributed by atoms with E-state index in [2.05, 4.69) is 6.92 Å². The molecule has 18 heavy (non-hydrogen) atoms. The Hall–Kier alpha value is -1.29. The number of hydrogen-bond acceptors (Lipinski definition) is 3. The van der Waals surface area contributed by atoms with Crippen LogP contribution < -0.4 is 0 Å². The van der Waals surface area contributed by atoms with Crippen molar-refractivity contribution in [1.29, 1.82) is 0 Å². The Morgan fingerprint density at radius 3 is 2.83 bits per heavy atom. The van der Waals surface area contributed by atoms with Crippen LogP contribution in [0, 0.1) is 12.8 Å². The third-order valence-electron chi connectivity index (χ3n) is 3.59. The molecule has 0 bridgehead atoms. The molecule has 1 saturated heterocycles. The molecule has 0 aliphatic carbocycles. The molecule has 1 aromatic heterocycles. The molecule has 0 aromatic carbocycles. The van der Waals surface area contributed by atoms with Crippen LogP contribution in [0.15, 0.2) is 16.5 Å². The number of hydrogen-bond donors (Lipinski definition) is 1. The summed E-state index contributed by atoms with van der Waals surface area (Å²) in [5, 5.41) is 9.49. The molecular weight excluding hydrogens is 230 g/mol. The zero-order chi connectivity index (χ0) is 13.3. The maximum Gasteiger partial charge on any atom is 0.251 e. The monoisotopic (exact) mass is 251 g/mol. The Labute approximate surface area is 108 Å². The standard InChI is InChI=1S/C14H21NO3/c1-9-6-7-15(14(17)11(3)16)12(8-9)13-5-4-10(2)18-13/h4-5,9,11-12,16H,6-8H2,1-3H3. The number of nitrogens with zero attached hydrogens (tertiary/aromatic N) is 1. The van der Waals surface area contributed by atoms with Gasteiger partial charge in [0.05, 0.1) is 6.04 Å². The van der Waals surface area contributed by atoms with Gasteiger partial charge in [-0.3, -0.25) is 4.79 Å². The van der Waals surface area contributed by atoms with Gasteiger partial charge in [0.15, 0.2) is 0 Å². The summed E-state index contributed by atoms with van der Waals surface area (Å²) in [5.41, 5.74) is 0. The van der Waals surface area contributed by atoms with E-state index >= 15 is 0 Å². The van der Waals surface area contributed by atoms with Crippen molar-refractivity contribution in [2.45, 2.75) is 45.8 Å². The van der Waals surface area contributed by atoms with Gasteiger partial charge in [-0.1, -0.05) is 6.92 Å². The molecule has 4 heteroatoms. The van der Waals surface area contributed by atoms with Crippen LogP contribution >= 0.6 is 0 Å². The molecule has 3 atom stereocenters. The largest absolute Gasteiger partial charge is 0.464 e. The van der Waals surface area contributed by atoms with E-state index in [4.69, 9.17) is 4.42 Å². The number of likely N-dealkylation sites (tertiary alicyclic amines) is 1. The Kier molecular flexibility index (Phi) is 3.76. The molecule has 0 saturated carbocycles. The van der Waals surface area contributed by atoms with Crippen molar-refractivity contribution >= 4 is 5.91 Å². The molecule has 0 radical (unpaired) electrons. The number of aryl methyl sites for hydroxylation is 1. The Bertz CT molecular complexity index is 424. The zero-order valence-electron chi connectivity index (χ0n) is 11.2. The van der Waals surface area contributed by atoms with Crippen LogP contribution in [0.5, 0.6) is 0 Å². The van der Waals surface area contributed by atoms with E-state index in [0.717, 1.165) is 24.4 Å². The van der Waals surface area contributed by atoms with Crippen molar-refractivity contribution in [2.24, 2.45) is 5.92 Å². The van der Waals surface area contributed by atoms with Crippen molar-refractivity contribution < 1.29 is 14.3 Å². The summed E-state index contributed by atoms with van der Waals surface area (Å²) >= 11 is 0. The first kappa shape index (κ1) is 13.1. The van der Waals surface area contributed by atoms with Gasteiger partial charge in [-0.05, 0) is 44.7 Å². The van der Waals surface area contributed by atoms with E-state index in [0.29, 0.717) is 12.5 Å². The number of carbonyl (C=O) groups excluding carboxylic acids is 1. The first-order valence-electron chi connectivity index (χ1n) is 6.54. The first-order chi connectivity index (χ1) is 8.49. The van der Waals surface area contributed by atoms with Gasteiger partial charge >= 0.3 is 0 Å². The molecule has 1 aliphatic heterocycles. The van der Waals surface area contributed by atoms with Crippen LogP contribution in [-0.4, -0.2) is 28.6 Å². The lowest BCUT2D eigenvalue weighted by Gasteiger charge is -2.38. The van der Waals surface area contributed by atoms with Crippen molar-refractivity contribution in [2.75, 3.05) is 6.54 Å². The highest BCUT2D eigenvalue weighted by Crippen LogP contribution is 2.35. The van der Waals surface area contributed by atoms with Crippen LogP contribution in [0.4, 0.5) is 0 Å². The molecule has 2 rings (SSSR count). The van der Waals surface area contributed by atoms with Crippen molar-refractivity contribution in [1.82, 2.24) is 4.90 Å². The summed E-state index contributed by atoms with van der Waals surface area (Å²) in [6, 6.07) is 3.81. The number of amides is 1. The van der Waals surface area contributed by atoms with Crippen molar-refractivity contribution in [3.05, 3.63) is 23.7 Å². The molecule has 1 N–H and O–H groups in total. The number of furan rings is 1. The minimum atomic E-state index is -0.947. The van der Waals surface area contributed by atoms with E-state index in [1.54, 1.807) is 4.90 Å². The quantitative estimate of drug-likeness (QED) is 0.877. The molecule has 0 spiro atoms. The lowest BCUT2D eigenvalue weighted by molar-refractivity contribution is -0.144. The molecular formula is C14H21NO3. The highest BCUT2D eigenvalue weighted by molar-refractivity contribution is 5.80. The van der Waals surface area contributed by atoms with Gasteiger partial charge in [-0.15, -0.1) is 0 Å². The molecule has 2 heterocycles. The summed E-state index contributed by atoms with van der Waals surface area (Å²) in [6.45, 7) is 6.30. The minimum Gasteiger partial charge on any atom is -0.464 e. The Balaban J connectivity index is 2.24. The van der Waals surface area contributed by atoms with E-state index in [-0.39, 0.29) is 11.9 Å². The van der Waals surface area contributed by atoms with E-state index in [1.807, 2.05) is 19.1 Å². The molecule has 1 amide bonds. The lowest BCUT2D eigenvalue weighted by Crippen LogP contribution is -2.44. The molecule has 1 aliphatic rings. The summed E-state index contributed by atoms with van der Waals surface area (Å²) in [6.07, 6.45) is 0.928. The number of rotatable bonds is 2. The Morgan fingerprint density at radius 2 is 2.28 bits per heavy atom. The fourth-order valence-electron chi connectivity index (χ4n) is 2.55. The third kappa shape index (κ3) is 2.58. The zero-order valence-corrected chi connectivity index (χ0v) is 11.2. The molecule has 3 unspecified atom stereocenters. The van der Waals surface area contributed by atoms with Gasteiger partial charge in [0.2, 0.25) is 0 Å². The number of piperidine rings is 1. The summed E-state index contributed by atoms with van der Waals surface area (Å²) < 4.78 is 5.66. The average molecular weight is 251 g/mol. The molecule has 1 aromatic rings. The third-order valence-corrected chi connectivity index (χ3v) is 3.59. The predicted octanol–water partition coefficient (Wildman–Crippen LogP) is 2.27. The van der Waals surface area contributed by atoms with Crippen LogP contribution in [-0.2, 0) is 4.79 Å². The average Bonchev–Trinajstić information content (AvgIpc) is 2.74. The van der Waals surface area contributed by atoms with Gasteiger partial charge in [0.1, 0.15) is 17.6 Å². The number of carbonyl (C=O) groups is 1. The summed E-state index contributed by atoms with van der Waals surface area (Å²) in [5.74, 6) is 2.04. The van der Waals surface area contributed by atoms with Gasteiger partial charge in [-0.25, -0.2) is 0 Å². The molecule has 1 fully saturated rings. The first-order valence-corrected chi connectivity index (χ1v) is 6.54. The van der Waals surface area contributed by atoms with E-state index in [9.17, 15) is 9.90 Å². The number of aliphatic hydroxyl groups is 1. The highest BCUT2D eigenvalue weighted by atomic mass is 16.3. The van der Waals surface area contributed by atoms with Gasteiger partial charge in [0.25, 0.3) is 5.91 Å². The maximum absolute atomic E-state index is 12.0. The molecule has 4 nitrogen and oxygen atoms in total. The van der Waals surface area contributed by atoms with Crippen LogP contribution in [0.1, 0.15) is 44.3 Å². The van der Waals surface area contributed by atoms with E-state index in [1.165, 1.54) is 6.92 Å². The maximum atomic E-state index is 12.0. The van der Waals surface area contributed by atoms with E-state index < -0.39 is 6.10 Å². The van der Waals surface area contributed by atoms with Crippen LogP contribution in [0.2, 0.25) is 0 Å². The van der Waals surface area contributed by atoms with Crippen LogP contribution in [0.3, 0.4) is 0 Å². The second kappa shape index (κ2) is 5.14. The molecule has 100 valence electrons.